The summed E-state index contributed by atoms with van der Waals surface area (Å²) < 4.78 is 5.47. The van der Waals surface area contributed by atoms with Crippen molar-refractivity contribution in [3.8, 4) is 0 Å². The Kier molecular flexibility index (Phi) is 5.36. The molecule has 23 heavy (non-hydrogen) atoms. The summed E-state index contributed by atoms with van der Waals surface area (Å²) >= 11 is 0. The average Bonchev–Trinajstić information content (AvgIpc) is 3.07. The zero-order valence-corrected chi connectivity index (χ0v) is 13.6. The molecule has 0 aliphatic heterocycles. The van der Waals surface area contributed by atoms with Crippen molar-refractivity contribution in [2.24, 2.45) is 0 Å². The Morgan fingerprint density at radius 3 is 1.52 bits per heavy atom. The molecular formula is C18H26N2O3. The van der Waals surface area contributed by atoms with E-state index in [9.17, 15) is 9.59 Å². The van der Waals surface area contributed by atoms with Crippen LogP contribution in [-0.4, -0.2) is 23.9 Å². The van der Waals surface area contributed by atoms with Gasteiger partial charge in [0.2, 0.25) is 0 Å². The van der Waals surface area contributed by atoms with Gasteiger partial charge in [0, 0.05) is 12.1 Å². The Hall–Kier alpha value is -1.78. The van der Waals surface area contributed by atoms with Crippen LogP contribution in [0.3, 0.4) is 0 Å². The Labute approximate surface area is 137 Å². The van der Waals surface area contributed by atoms with Gasteiger partial charge in [-0.2, -0.15) is 0 Å². The van der Waals surface area contributed by atoms with E-state index < -0.39 is 0 Å². The van der Waals surface area contributed by atoms with Gasteiger partial charge in [0.15, 0.2) is 11.5 Å². The number of hydrogen-bond donors (Lipinski definition) is 2. The van der Waals surface area contributed by atoms with Crippen LogP contribution < -0.4 is 10.6 Å². The van der Waals surface area contributed by atoms with Crippen LogP contribution in [0.1, 0.15) is 85.3 Å². The minimum atomic E-state index is -0.214. The standard InChI is InChI=1S/C18H26N2O3/c21-17(19-13-7-3-1-4-8-13)15-11-12-16(23-15)18(22)20-14-9-5-2-6-10-14/h11-14H,1-10H2,(H,19,21)(H,20,22). The van der Waals surface area contributed by atoms with Crippen molar-refractivity contribution < 1.29 is 14.0 Å². The molecule has 0 unspecified atom stereocenters. The molecule has 5 heteroatoms. The van der Waals surface area contributed by atoms with E-state index in [1.807, 2.05) is 0 Å². The molecular weight excluding hydrogens is 292 g/mol. The molecule has 5 nitrogen and oxygen atoms in total. The van der Waals surface area contributed by atoms with E-state index in [1.165, 1.54) is 12.8 Å². The number of rotatable bonds is 4. The summed E-state index contributed by atoms with van der Waals surface area (Å²) in [7, 11) is 0. The van der Waals surface area contributed by atoms with E-state index in [0.29, 0.717) is 0 Å². The van der Waals surface area contributed by atoms with Crippen LogP contribution in [0, 0.1) is 0 Å². The topological polar surface area (TPSA) is 71.3 Å². The van der Waals surface area contributed by atoms with Gasteiger partial charge in [-0.3, -0.25) is 9.59 Å². The monoisotopic (exact) mass is 318 g/mol. The third kappa shape index (κ3) is 4.36. The second-order valence-electron chi connectivity index (χ2n) is 6.78. The predicted molar refractivity (Wildman–Crippen MR) is 87.4 cm³/mol. The predicted octanol–water partition coefficient (Wildman–Crippen LogP) is 3.40. The number of furan rings is 1. The maximum absolute atomic E-state index is 12.2. The van der Waals surface area contributed by atoms with E-state index in [4.69, 9.17) is 4.42 Å². The molecule has 0 spiro atoms. The summed E-state index contributed by atoms with van der Waals surface area (Å²) in [4.78, 5) is 24.4. The highest BCUT2D eigenvalue weighted by Gasteiger charge is 2.22. The molecule has 2 fully saturated rings. The van der Waals surface area contributed by atoms with Crippen molar-refractivity contribution in [1.29, 1.82) is 0 Å². The van der Waals surface area contributed by atoms with Gasteiger partial charge >= 0.3 is 0 Å². The quantitative estimate of drug-likeness (QED) is 0.893. The largest absolute Gasteiger partial charge is 0.446 e. The smallest absolute Gasteiger partial charge is 0.287 e. The van der Waals surface area contributed by atoms with Gasteiger partial charge in [-0.05, 0) is 37.8 Å². The SMILES string of the molecule is O=C(NC1CCCCC1)c1ccc(C(=O)NC2CCCCC2)o1. The minimum Gasteiger partial charge on any atom is -0.446 e. The first-order chi connectivity index (χ1) is 11.2. The Morgan fingerprint density at radius 2 is 1.13 bits per heavy atom. The number of nitrogens with one attached hydrogen (secondary N) is 2. The third-order valence-corrected chi connectivity index (χ3v) is 4.93. The van der Waals surface area contributed by atoms with Crippen LogP contribution >= 0.6 is 0 Å². The highest BCUT2D eigenvalue weighted by atomic mass is 16.4. The summed E-state index contributed by atoms with van der Waals surface area (Å²) in [6.07, 6.45) is 11.3. The van der Waals surface area contributed by atoms with Crippen LogP contribution in [0.15, 0.2) is 16.5 Å². The fourth-order valence-electron chi connectivity index (χ4n) is 3.59. The molecule has 1 aromatic rings. The number of hydrogen-bond acceptors (Lipinski definition) is 3. The lowest BCUT2D eigenvalue weighted by molar-refractivity contribution is 0.0874. The van der Waals surface area contributed by atoms with Gasteiger partial charge in [-0.15, -0.1) is 0 Å². The Bertz CT molecular complexity index is 494. The van der Waals surface area contributed by atoms with Crippen molar-refractivity contribution in [2.75, 3.05) is 0 Å². The minimum absolute atomic E-state index is 0.214. The maximum atomic E-state index is 12.2. The number of carbonyl (C=O) groups excluding carboxylic acids is 2. The Balaban J connectivity index is 1.53. The van der Waals surface area contributed by atoms with Gasteiger partial charge in [0.05, 0.1) is 0 Å². The fourth-order valence-corrected chi connectivity index (χ4v) is 3.59. The molecule has 126 valence electrons. The molecule has 2 aliphatic rings. The molecule has 0 atom stereocenters. The third-order valence-electron chi connectivity index (χ3n) is 4.93. The van der Waals surface area contributed by atoms with Crippen molar-refractivity contribution >= 4 is 11.8 Å². The van der Waals surface area contributed by atoms with E-state index in [0.717, 1.165) is 51.4 Å². The summed E-state index contributed by atoms with van der Waals surface area (Å²) in [5, 5.41) is 6.01. The fraction of sp³-hybridized carbons (Fsp3) is 0.667. The summed E-state index contributed by atoms with van der Waals surface area (Å²) in [6.45, 7) is 0. The summed E-state index contributed by atoms with van der Waals surface area (Å²) in [5.74, 6) is 0.0240. The van der Waals surface area contributed by atoms with Crippen LogP contribution in [0.4, 0.5) is 0 Å². The maximum Gasteiger partial charge on any atom is 0.287 e. The van der Waals surface area contributed by atoms with E-state index in [-0.39, 0.29) is 35.4 Å². The van der Waals surface area contributed by atoms with E-state index in [2.05, 4.69) is 10.6 Å². The number of amides is 2. The van der Waals surface area contributed by atoms with E-state index in [1.54, 1.807) is 12.1 Å². The van der Waals surface area contributed by atoms with Gasteiger partial charge in [0.1, 0.15) is 0 Å². The molecule has 0 saturated heterocycles. The molecule has 0 radical (unpaired) electrons. The van der Waals surface area contributed by atoms with Gasteiger partial charge in [0.25, 0.3) is 11.8 Å². The van der Waals surface area contributed by atoms with Crippen molar-refractivity contribution in [3.63, 3.8) is 0 Å². The second kappa shape index (κ2) is 7.66. The molecule has 2 saturated carbocycles. The molecule has 0 aromatic carbocycles. The normalized spacial score (nSPS) is 20.2. The molecule has 2 amide bonds. The first-order valence-electron chi connectivity index (χ1n) is 8.94. The molecule has 0 bridgehead atoms. The first-order valence-corrected chi connectivity index (χ1v) is 8.94. The van der Waals surface area contributed by atoms with Crippen LogP contribution in [-0.2, 0) is 0 Å². The lowest BCUT2D eigenvalue weighted by Crippen LogP contribution is -2.36. The molecule has 1 aromatic heterocycles. The molecule has 1 heterocycles. The molecule has 2 aliphatic carbocycles. The molecule has 2 N–H and O–H groups in total. The summed E-state index contributed by atoms with van der Waals surface area (Å²) in [5.41, 5.74) is 0. The average molecular weight is 318 g/mol. The van der Waals surface area contributed by atoms with Crippen LogP contribution in [0.2, 0.25) is 0 Å². The first kappa shape index (κ1) is 16.1. The van der Waals surface area contributed by atoms with Crippen molar-refractivity contribution in [3.05, 3.63) is 23.7 Å². The lowest BCUT2D eigenvalue weighted by Gasteiger charge is -2.22. The zero-order chi connectivity index (χ0) is 16.1. The van der Waals surface area contributed by atoms with E-state index >= 15 is 0 Å². The molecule has 3 rings (SSSR count). The highest BCUT2D eigenvalue weighted by molar-refractivity contribution is 5.95. The van der Waals surface area contributed by atoms with Gasteiger partial charge < -0.3 is 15.1 Å². The highest BCUT2D eigenvalue weighted by Crippen LogP contribution is 2.19. The van der Waals surface area contributed by atoms with Crippen LogP contribution in [0.5, 0.6) is 0 Å². The van der Waals surface area contributed by atoms with Crippen molar-refractivity contribution in [1.82, 2.24) is 10.6 Å². The Morgan fingerprint density at radius 1 is 0.739 bits per heavy atom. The number of carbonyl (C=O) groups is 2. The summed E-state index contributed by atoms with van der Waals surface area (Å²) in [6, 6.07) is 3.66. The van der Waals surface area contributed by atoms with Crippen molar-refractivity contribution in [2.45, 2.75) is 76.3 Å². The van der Waals surface area contributed by atoms with Gasteiger partial charge in [-0.25, -0.2) is 0 Å². The second-order valence-corrected chi connectivity index (χ2v) is 6.78. The zero-order valence-electron chi connectivity index (χ0n) is 13.6. The van der Waals surface area contributed by atoms with Gasteiger partial charge in [-0.1, -0.05) is 38.5 Å². The van der Waals surface area contributed by atoms with Crippen LogP contribution in [0.25, 0.3) is 0 Å². The lowest BCUT2D eigenvalue weighted by atomic mass is 9.95.